The van der Waals surface area contributed by atoms with Crippen molar-refractivity contribution in [3.05, 3.63) is 113 Å². The van der Waals surface area contributed by atoms with Gasteiger partial charge in [-0.15, -0.1) is 0 Å². The molecule has 1 aromatic heterocycles. The number of ether oxygens (including phenoxy) is 4. The highest BCUT2D eigenvalue weighted by Crippen LogP contribution is 2.32. The zero-order valence-electron chi connectivity index (χ0n) is 33.4. The van der Waals surface area contributed by atoms with Crippen LogP contribution >= 0.6 is 0 Å². The van der Waals surface area contributed by atoms with Gasteiger partial charge in [-0.2, -0.15) is 0 Å². The van der Waals surface area contributed by atoms with Gasteiger partial charge in [0.25, 0.3) is 5.91 Å². The van der Waals surface area contributed by atoms with E-state index in [1.807, 2.05) is 36.4 Å². The molecule has 2 amide bonds. The Labute approximate surface area is 336 Å². The van der Waals surface area contributed by atoms with Crippen LogP contribution < -0.4 is 16.0 Å². The summed E-state index contributed by atoms with van der Waals surface area (Å²) in [7, 11) is 0. The van der Waals surface area contributed by atoms with Crippen molar-refractivity contribution in [3.63, 3.8) is 0 Å². The minimum absolute atomic E-state index is 0.0163. The van der Waals surface area contributed by atoms with Crippen molar-refractivity contribution in [2.45, 2.75) is 58.8 Å². The van der Waals surface area contributed by atoms with E-state index in [1.165, 1.54) is 31.9 Å². The summed E-state index contributed by atoms with van der Waals surface area (Å²) >= 11 is 0. The van der Waals surface area contributed by atoms with E-state index in [1.54, 1.807) is 29.3 Å². The largest absolute Gasteiger partial charge is 0.481 e. The van der Waals surface area contributed by atoms with E-state index in [9.17, 15) is 14.4 Å². The van der Waals surface area contributed by atoms with Crippen LogP contribution in [0.5, 0.6) is 0 Å². The summed E-state index contributed by atoms with van der Waals surface area (Å²) in [6.45, 7) is 9.03. The number of hydrogen-bond donors (Lipinski definition) is 3. The van der Waals surface area contributed by atoms with Crippen LogP contribution in [0.3, 0.4) is 0 Å². The van der Waals surface area contributed by atoms with Crippen molar-refractivity contribution >= 4 is 29.2 Å². The first-order chi connectivity index (χ1) is 27.8. The smallest absolute Gasteiger partial charge is 0.305 e. The first-order valence-corrected chi connectivity index (χ1v) is 19.9. The molecule has 12 nitrogen and oxygen atoms in total. The number of aromatic nitrogens is 1. The predicted molar refractivity (Wildman–Crippen MR) is 223 cm³/mol. The summed E-state index contributed by atoms with van der Waals surface area (Å²) in [5.41, 5.74) is 13.4. The van der Waals surface area contributed by atoms with Gasteiger partial charge in [0, 0.05) is 48.3 Å². The number of hydrogen-bond acceptors (Lipinski definition) is 9. The number of pyridine rings is 1. The van der Waals surface area contributed by atoms with Crippen LogP contribution in [0, 0.1) is 0 Å². The first kappa shape index (κ1) is 44.6. The quantitative estimate of drug-likeness (QED) is 0.0669. The Morgan fingerprint density at radius 1 is 0.737 bits per heavy atom. The van der Waals surface area contributed by atoms with E-state index in [0.29, 0.717) is 74.3 Å². The number of carboxylic acids is 1. The molecular weight excluding hydrogens is 725 g/mol. The van der Waals surface area contributed by atoms with Crippen LogP contribution in [-0.2, 0) is 43.0 Å². The number of carboxylic acid groups (broad SMARTS) is 1. The maximum atomic E-state index is 13.4. The van der Waals surface area contributed by atoms with Crippen molar-refractivity contribution in [2.75, 3.05) is 76.2 Å². The molecule has 0 saturated carbocycles. The average molecular weight is 783 g/mol. The number of carbonyl (C=O) groups is 3. The van der Waals surface area contributed by atoms with E-state index in [2.05, 4.69) is 53.3 Å². The molecule has 1 aliphatic carbocycles. The molecule has 1 aliphatic rings. The molecule has 0 spiro atoms. The van der Waals surface area contributed by atoms with E-state index in [0.717, 1.165) is 37.2 Å². The van der Waals surface area contributed by atoms with Gasteiger partial charge in [0.05, 0.1) is 64.1 Å². The molecule has 306 valence electrons. The van der Waals surface area contributed by atoms with Gasteiger partial charge in [-0.1, -0.05) is 36.4 Å². The number of benzene rings is 3. The Morgan fingerprint density at radius 2 is 1.37 bits per heavy atom. The molecule has 0 bridgehead atoms. The Kier molecular flexibility index (Phi) is 19.7. The number of nitrogens with two attached hydrogens (primary N) is 1. The Balaban J connectivity index is 0.000000616. The van der Waals surface area contributed by atoms with Crippen molar-refractivity contribution in [3.8, 4) is 11.3 Å². The highest BCUT2D eigenvalue weighted by molar-refractivity contribution is 6.06. The molecule has 4 aromatic rings. The number of aliphatic carboxylic acids is 1. The van der Waals surface area contributed by atoms with E-state index >= 15 is 0 Å². The molecule has 3 aromatic carbocycles. The number of amides is 2. The van der Waals surface area contributed by atoms with E-state index < -0.39 is 11.9 Å². The lowest BCUT2D eigenvalue weighted by atomic mass is 9.92. The van der Waals surface area contributed by atoms with Crippen molar-refractivity contribution in [1.82, 2.24) is 4.98 Å². The van der Waals surface area contributed by atoms with E-state index in [-0.39, 0.29) is 18.9 Å². The van der Waals surface area contributed by atoms with Crippen LogP contribution in [0.4, 0.5) is 11.4 Å². The number of aryl methyl sites for hydroxylation is 3. The molecule has 0 atom stereocenters. The van der Waals surface area contributed by atoms with Crippen LogP contribution in [-0.4, -0.2) is 93.8 Å². The molecule has 1 heterocycles. The van der Waals surface area contributed by atoms with E-state index in [4.69, 9.17) is 29.8 Å². The molecule has 0 saturated heterocycles. The third kappa shape index (κ3) is 15.7. The minimum atomic E-state index is -0.884. The zero-order valence-corrected chi connectivity index (χ0v) is 33.4. The monoisotopic (exact) mass is 782 g/mol. The topological polar surface area (TPSA) is 163 Å². The van der Waals surface area contributed by atoms with Gasteiger partial charge >= 0.3 is 5.97 Å². The lowest BCUT2D eigenvalue weighted by Gasteiger charge is -2.23. The lowest BCUT2D eigenvalue weighted by molar-refractivity contribution is -0.138. The molecule has 0 aliphatic heterocycles. The van der Waals surface area contributed by atoms with Gasteiger partial charge in [0.1, 0.15) is 0 Å². The summed E-state index contributed by atoms with van der Waals surface area (Å²) < 4.78 is 21.7. The zero-order chi connectivity index (χ0) is 40.7. The predicted octanol–water partition coefficient (Wildman–Crippen LogP) is 6.99. The fraction of sp³-hybridized carbons (Fsp3) is 0.422. The molecule has 0 radical (unpaired) electrons. The molecule has 5 rings (SSSR count). The van der Waals surface area contributed by atoms with Crippen LogP contribution in [0.25, 0.3) is 11.3 Å². The third-order valence-electron chi connectivity index (χ3n) is 9.48. The standard InChI is InChI=1S/C35H46N4O8.C10H12/c1-3-39(4-2)29-10-11-31(30(25-29)32-24-27(34(36)42)12-14-37-32)38-35(43)28-9-5-7-26(23-28)8-6-15-44-17-19-46-21-22-47-20-18-45-16-13-33(40)41;1-2-6-10-8-4-3-7-9(10)5-1/h5,7,9-12,14,23-25H,3-4,6,8,13,15-22H2,1-2H3,(H2,36,42)(H,38,43)(H,40,41);1-2,5-6H,3-4,7-8H2. The van der Waals surface area contributed by atoms with Crippen molar-refractivity contribution < 1.29 is 38.4 Å². The number of nitrogens with zero attached hydrogens (tertiary/aromatic N) is 2. The lowest BCUT2D eigenvalue weighted by Crippen LogP contribution is -2.22. The summed E-state index contributed by atoms with van der Waals surface area (Å²) in [5, 5.41) is 11.6. The van der Waals surface area contributed by atoms with Gasteiger partial charge in [0.2, 0.25) is 5.91 Å². The fourth-order valence-electron chi connectivity index (χ4n) is 6.41. The number of rotatable bonds is 23. The van der Waals surface area contributed by atoms with Crippen LogP contribution in [0.2, 0.25) is 0 Å². The third-order valence-corrected chi connectivity index (χ3v) is 9.48. The Bertz CT molecular complexity index is 1820. The second-order valence-corrected chi connectivity index (χ2v) is 13.5. The van der Waals surface area contributed by atoms with Crippen molar-refractivity contribution in [1.29, 1.82) is 0 Å². The SMILES string of the molecule is CCN(CC)c1ccc(NC(=O)c2cccc(CCCOCCOCCOCCOCCC(=O)O)c2)c(-c2cc(C(N)=O)ccn2)c1.c1ccc2c(c1)CCCC2. The first-order valence-electron chi connectivity index (χ1n) is 19.9. The van der Waals surface area contributed by atoms with Gasteiger partial charge in [-0.3, -0.25) is 19.4 Å². The second kappa shape index (κ2) is 25.2. The van der Waals surface area contributed by atoms with Crippen molar-refractivity contribution in [2.24, 2.45) is 5.73 Å². The summed E-state index contributed by atoms with van der Waals surface area (Å²) in [4.78, 5) is 42.3. The molecular formula is C45H58N4O8. The number of primary amides is 1. The van der Waals surface area contributed by atoms with Gasteiger partial charge < -0.3 is 40.0 Å². The minimum Gasteiger partial charge on any atom is -0.481 e. The highest BCUT2D eigenvalue weighted by atomic mass is 16.6. The van der Waals surface area contributed by atoms with Gasteiger partial charge in [0.15, 0.2) is 0 Å². The number of fused-ring (bicyclic) bond motifs is 1. The van der Waals surface area contributed by atoms with Crippen LogP contribution in [0.15, 0.2) is 85.1 Å². The summed E-state index contributed by atoms with van der Waals surface area (Å²) in [6.07, 6.45) is 8.43. The van der Waals surface area contributed by atoms with Gasteiger partial charge in [-0.25, -0.2) is 0 Å². The maximum absolute atomic E-state index is 13.4. The average Bonchev–Trinajstić information content (AvgIpc) is 3.23. The van der Waals surface area contributed by atoms with Crippen LogP contribution in [0.1, 0.15) is 76.9 Å². The second-order valence-electron chi connectivity index (χ2n) is 13.5. The Hall–Kier alpha value is -5.14. The molecule has 0 unspecified atom stereocenters. The maximum Gasteiger partial charge on any atom is 0.305 e. The molecule has 0 fully saturated rings. The molecule has 4 N–H and O–H groups in total. The normalized spacial score (nSPS) is 11.9. The number of nitrogens with one attached hydrogen (secondary N) is 1. The summed E-state index contributed by atoms with van der Waals surface area (Å²) in [5.74, 6) is -1.69. The molecule has 57 heavy (non-hydrogen) atoms. The summed E-state index contributed by atoms with van der Waals surface area (Å²) in [6, 6.07) is 25.3. The number of carbonyl (C=O) groups excluding carboxylic acids is 2. The Morgan fingerprint density at radius 3 is 1.98 bits per heavy atom. The van der Waals surface area contributed by atoms with Gasteiger partial charge in [-0.05, 0) is 112 Å². The fourth-order valence-corrected chi connectivity index (χ4v) is 6.41. The highest BCUT2D eigenvalue weighted by Gasteiger charge is 2.16. The molecule has 12 heteroatoms. The number of anilines is 2.